The fraction of sp³-hybridized carbons (Fsp3) is 0.235. The Hall–Kier alpha value is -2.07. The summed E-state index contributed by atoms with van der Waals surface area (Å²) in [5.41, 5.74) is 2.00. The number of hydrogen-bond acceptors (Lipinski definition) is 3. The Morgan fingerprint density at radius 2 is 2.05 bits per heavy atom. The molecule has 0 spiro atoms. The number of amides is 1. The van der Waals surface area contributed by atoms with Crippen molar-refractivity contribution in [2.24, 2.45) is 0 Å². The SMILES string of the molecule is CCc1oc2ccccc2c1CN(C)C(=O)c1cccs1. The summed E-state index contributed by atoms with van der Waals surface area (Å²) >= 11 is 1.47. The van der Waals surface area contributed by atoms with E-state index in [4.69, 9.17) is 4.42 Å². The number of rotatable bonds is 4. The van der Waals surface area contributed by atoms with E-state index in [-0.39, 0.29) is 5.91 Å². The fourth-order valence-corrected chi connectivity index (χ4v) is 3.22. The van der Waals surface area contributed by atoms with Crippen LogP contribution in [0, 0.1) is 0 Å². The average Bonchev–Trinajstić information content (AvgIpc) is 3.14. The van der Waals surface area contributed by atoms with Crippen LogP contribution in [-0.2, 0) is 13.0 Å². The molecule has 0 unspecified atom stereocenters. The second kappa shape index (κ2) is 5.74. The third-order valence-electron chi connectivity index (χ3n) is 3.58. The van der Waals surface area contributed by atoms with Gasteiger partial charge in [0.05, 0.1) is 4.88 Å². The molecule has 2 heterocycles. The van der Waals surface area contributed by atoms with Crippen molar-refractivity contribution in [1.29, 1.82) is 0 Å². The van der Waals surface area contributed by atoms with Crippen LogP contribution < -0.4 is 0 Å². The van der Waals surface area contributed by atoms with Crippen LogP contribution in [0.1, 0.15) is 27.9 Å². The molecule has 0 N–H and O–H groups in total. The molecular formula is C17H17NO2S. The topological polar surface area (TPSA) is 33.5 Å². The average molecular weight is 299 g/mol. The lowest BCUT2D eigenvalue weighted by Crippen LogP contribution is -2.25. The molecule has 1 amide bonds. The third kappa shape index (κ3) is 2.59. The molecule has 3 rings (SSSR count). The Morgan fingerprint density at radius 1 is 1.24 bits per heavy atom. The van der Waals surface area contributed by atoms with Gasteiger partial charge in [-0.15, -0.1) is 11.3 Å². The highest BCUT2D eigenvalue weighted by Gasteiger charge is 2.18. The van der Waals surface area contributed by atoms with E-state index < -0.39 is 0 Å². The molecule has 0 atom stereocenters. The maximum Gasteiger partial charge on any atom is 0.263 e. The van der Waals surface area contributed by atoms with Gasteiger partial charge in [0.25, 0.3) is 5.91 Å². The van der Waals surface area contributed by atoms with Crippen LogP contribution in [0.4, 0.5) is 0 Å². The van der Waals surface area contributed by atoms with Gasteiger partial charge in [0.2, 0.25) is 0 Å². The molecule has 21 heavy (non-hydrogen) atoms. The molecule has 0 aliphatic carbocycles. The zero-order chi connectivity index (χ0) is 14.8. The first-order valence-electron chi connectivity index (χ1n) is 6.99. The monoisotopic (exact) mass is 299 g/mol. The summed E-state index contributed by atoms with van der Waals surface area (Å²) in [5.74, 6) is 1.01. The van der Waals surface area contributed by atoms with Crippen LogP contribution in [0.15, 0.2) is 46.2 Å². The summed E-state index contributed by atoms with van der Waals surface area (Å²) in [4.78, 5) is 14.9. The lowest BCUT2D eigenvalue weighted by atomic mass is 10.1. The van der Waals surface area contributed by atoms with E-state index in [0.717, 1.165) is 33.6 Å². The molecule has 4 heteroatoms. The second-order valence-electron chi connectivity index (χ2n) is 4.99. The molecule has 2 aromatic heterocycles. The maximum absolute atomic E-state index is 12.4. The summed E-state index contributed by atoms with van der Waals surface area (Å²) < 4.78 is 5.88. The van der Waals surface area contributed by atoms with Gasteiger partial charge in [0, 0.05) is 31.0 Å². The number of furan rings is 1. The van der Waals surface area contributed by atoms with E-state index in [9.17, 15) is 4.79 Å². The summed E-state index contributed by atoms with van der Waals surface area (Å²) in [6.07, 6.45) is 0.824. The Balaban J connectivity index is 1.92. The number of thiophene rings is 1. The molecule has 0 saturated carbocycles. The smallest absolute Gasteiger partial charge is 0.263 e. The van der Waals surface area contributed by atoms with Crippen molar-refractivity contribution in [2.45, 2.75) is 19.9 Å². The van der Waals surface area contributed by atoms with E-state index in [1.807, 2.05) is 42.8 Å². The molecule has 0 saturated heterocycles. The van der Waals surface area contributed by atoms with Crippen molar-refractivity contribution in [3.8, 4) is 0 Å². The van der Waals surface area contributed by atoms with Gasteiger partial charge in [-0.1, -0.05) is 31.2 Å². The first-order chi connectivity index (χ1) is 10.2. The fourth-order valence-electron chi connectivity index (χ4n) is 2.51. The maximum atomic E-state index is 12.4. The lowest BCUT2D eigenvalue weighted by molar-refractivity contribution is 0.0790. The van der Waals surface area contributed by atoms with Gasteiger partial charge in [-0.2, -0.15) is 0 Å². The van der Waals surface area contributed by atoms with Gasteiger partial charge in [0.15, 0.2) is 0 Å². The minimum atomic E-state index is 0.0531. The Bertz CT molecular complexity index is 758. The van der Waals surface area contributed by atoms with Crippen LogP contribution in [0.2, 0.25) is 0 Å². The highest BCUT2D eigenvalue weighted by atomic mass is 32.1. The predicted octanol–water partition coefficient (Wildman–Crippen LogP) is 4.33. The highest BCUT2D eigenvalue weighted by Crippen LogP contribution is 2.27. The molecule has 108 valence electrons. The number of aryl methyl sites for hydroxylation is 1. The number of hydrogen-bond donors (Lipinski definition) is 0. The van der Waals surface area contributed by atoms with E-state index in [1.165, 1.54) is 11.3 Å². The van der Waals surface area contributed by atoms with Gasteiger partial charge < -0.3 is 9.32 Å². The molecule has 0 aliphatic rings. The Morgan fingerprint density at radius 3 is 2.76 bits per heavy atom. The molecule has 3 aromatic rings. The van der Waals surface area contributed by atoms with Crippen LogP contribution >= 0.6 is 11.3 Å². The van der Waals surface area contributed by atoms with Crippen LogP contribution in [0.25, 0.3) is 11.0 Å². The number of fused-ring (bicyclic) bond motifs is 1. The lowest BCUT2D eigenvalue weighted by Gasteiger charge is -2.16. The standard InChI is InChI=1S/C17H17NO2S/c1-3-14-13(12-7-4-5-8-15(12)20-14)11-18(2)17(19)16-9-6-10-21-16/h4-10H,3,11H2,1-2H3. The van der Waals surface area contributed by atoms with Gasteiger partial charge >= 0.3 is 0 Å². The van der Waals surface area contributed by atoms with Crippen molar-refractivity contribution < 1.29 is 9.21 Å². The summed E-state index contributed by atoms with van der Waals surface area (Å²) in [6, 6.07) is 11.8. The minimum absolute atomic E-state index is 0.0531. The Labute approximate surface area is 127 Å². The normalized spacial score (nSPS) is 11.0. The molecule has 0 radical (unpaired) electrons. The van der Waals surface area contributed by atoms with Gasteiger partial charge in [0.1, 0.15) is 11.3 Å². The van der Waals surface area contributed by atoms with Gasteiger partial charge in [-0.25, -0.2) is 0 Å². The zero-order valence-corrected chi connectivity index (χ0v) is 12.9. The van der Waals surface area contributed by atoms with E-state index in [2.05, 4.69) is 13.0 Å². The van der Waals surface area contributed by atoms with Crippen molar-refractivity contribution >= 4 is 28.2 Å². The third-order valence-corrected chi connectivity index (χ3v) is 4.43. The molecule has 3 nitrogen and oxygen atoms in total. The quantitative estimate of drug-likeness (QED) is 0.718. The van der Waals surface area contributed by atoms with Crippen LogP contribution in [-0.4, -0.2) is 17.9 Å². The van der Waals surface area contributed by atoms with Crippen LogP contribution in [0.5, 0.6) is 0 Å². The number of carbonyl (C=O) groups excluding carboxylic acids is 1. The van der Waals surface area contributed by atoms with Gasteiger partial charge in [-0.3, -0.25) is 4.79 Å². The Kier molecular flexibility index (Phi) is 3.80. The van der Waals surface area contributed by atoms with Crippen molar-refractivity contribution in [3.05, 3.63) is 58.0 Å². The largest absolute Gasteiger partial charge is 0.461 e. The highest BCUT2D eigenvalue weighted by molar-refractivity contribution is 7.12. The number of para-hydroxylation sites is 1. The predicted molar refractivity (Wildman–Crippen MR) is 85.7 cm³/mol. The molecule has 0 bridgehead atoms. The summed E-state index contributed by atoms with van der Waals surface area (Å²) in [7, 11) is 1.84. The first-order valence-corrected chi connectivity index (χ1v) is 7.87. The molecular weight excluding hydrogens is 282 g/mol. The van der Waals surface area contributed by atoms with Crippen molar-refractivity contribution in [1.82, 2.24) is 4.90 Å². The summed E-state index contributed by atoms with van der Waals surface area (Å²) in [6.45, 7) is 2.64. The van der Waals surface area contributed by atoms with E-state index in [0.29, 0.717) is 6.54 Å². The molecule has 1 aromatic carbocycles. The zero-order valence-electron chi connectivity index (χ0n) is 12.1. The molecule has 0 fully saturated rings. The number of carbonyl (C=O) groups is 1. The van der Waals surface area contributed by atoms with E-state index in [1.54, 1.807) is 4.90 Å². The molecule has 0 aliphatic heterocycles. The van der Waals surface area contributed by atoms with Gasteiger partial charge in [-0.05, 0) is 17.5 Å². The second-order valence-corrected chi connectivity index (χ2v) is 5.94. The number of nitrogens with zero attached hydrogens (tertiary/aromatic N) is 1. The van der Waals surface area contributed by atoms with Crippen molar-refractivity contribution in [2.75, 3.05) is 7.05 Å². The van der Waals surface area contributed by atoms with E-state index >= 15 is 0 Å². The minimum Gasteiger partial charge on any atom is -0.461 e. The first kappa shape index (κ1) is 13.9. The van der Waals surface area contributed by atoms with Crippen molar-refractivity contribution in [3.63, 3.8) is 0 Å². The summed E-state index contributed by atoms with van der Waals surface area (Å²) in [5, 5.41) is 3.02. The van der Waals surface area contributed by atoms with Crippen LogP contribution in [0.3, 0.4) is 0 Å². The number of benzene rings is 1.